The number of alkyl halides is 2. The standard InChI is InChI=1S/C22H26F3N5O/c1-13(31)29-18-4-3-5-19(21(18)27-2)30(26)20-11-14(6-7-28-20)8-15-9-16(22(24)25)12-17(23)10-15/h6-7,9-12,18,22,27H,3-5,8,26H2,1-2H3,(H,29,31)/t18-/m0/s1. The average molecular weight is 433 g/mol. The highest BCUT2D eigenvalue weighted by Crippen LogP contribution is 2.28. The van der Waals surface area contributed by atoms with Crippen LogP contribution in [0.3, 0.4) is 0 Å². The van der Waals surface area contributed by atoms with Crippen LogP contribution in [0.2, 0.25) is 0 Å². The van der Waals surface area contributed by atoms with Gasteiger partial charge in [-0.1, -0.05) is 0 Å². The molecule has 0 saturated carbocycles. The van der Waals surface area contributed by atoms with Crippen molar-refractivity contribution in [2.45, 2.75) is 45.1 Å². The van der Waals surface area contributed by atoms with E-state index < -0.39 is 12.2 Å². The molecule has 1 amide bonds. The fraction of sp³-hybridized carbons (Fsp3) is 0.364. The molecule has 0 aliphatic heterocycles. The maximum atomic E-state index is 13.7. The molecule has 1 atom stereocenters. The molecular weight excluding hydrogens is 407 g/mol. The zero-order chi connectivity index (χ0) is 22.5. The summed E-state index contributed by atoms with van der Waals surface area (Å²) in [5.74, 6) is 6.03. The Hall–Kier alpha value is -3.07. The lowest BCUT2D eigenvalue weighted by Crippen LogP contribution is -2.45. The number of amides is 1. The molecule has 1 heterocycles. The van der Waals surface area contributed by atoms with Crippen molar-refractivity contribution in [2.24, 2.45) is 5.84 Å². The minimum absolute atomic E-state index is 0.124. The Morgan fingerprint density at radius 2 is 2.06 bits per heavy atom. The lowest BCUT2D eigenvalue weighted by molar-refractivity contribution is -0.119. The van der Waals surface area contributed by atoms with Crippen LogP contribution in [0, 0.1) is 5.82 Å². The van der Waals surface area contributed by atoms with Gasteiger partial charge in [-0.3, -0.25) is 9.80 Å². The van der Waals surface area contributed by atoms with Crippen LogP contribution in [-0.2, 0) is 11.2 Å². The summed E-state index contributed by atoms with van der Waals surface area (Å²) >= 11 is 0. The molecule has 9 heteroatoms. The van der Waals surface area contributed by atoms with Gasteiger partial charge in [-0.15, -0.1) is 0 Å². The molecule has 0 spiro atoms. The second-order valence-electron chi connectivity index (χ2n) is 7.52. The molecule has 6 nitrogen and oxygen atoms in total. The van der Waals surface area contributed by atoms with E-state index in [4.69, 9.17) is 5.84 Å². The first-order valence-corrected chi connectivity index (χ1v) is 10.0. The number of benzene rings is 1. The van der Waals surface area contributed by atoms with Gasteiger partial charge in [0.15, 0.2) is 0 Å². The largest absolute Gasteiger partial charge is 0.388 e. The average Bonchev–Trinajstić information content (AvgIpc) is 2.72. The number of allylic oxidation sites excluding steroid dienone is 1. The number of carbonyl (C=O) groups is 1. The van der Waals surface area contributed by atoms with E-state index in [-0.39, 0.29) is 23.9 Å². The quantitative estimate of drug-likeness (QED) is 0.460. The van der Waals surface area contributed by atoms with Gasteiger partial charge < -0.3 is 10.6 Å². The second-order valence-corrected chi connectivity index (χ2v) is 7.52. The summed E-state index contributed by atoms with van der Waals surface area (Å²) in [4.78, 5) is 15.9. The number of nitrogens with two attached hydrogens (primary N) is 1. The summed E-state index contributed by atoms with van der Waals surface area (Å²) in [7, 11) is 1.78. The van der Waals surface area contributed by atoms with Crippen molar-refractivity contribution in [3.63, 3.8) is 0 Å². The summed E-state index contributed by atoms with van der Waals surface area (Å²) in [5, 5.41) is 7.54. The Kier molecular flexibility index (Phi) is 7.17. The van der Waals surface area contributed by atoms with Crippen LogP contribution in [0.5, 0.6) is 0 Å². The zero-order valence-corrected chi connectivity index (χ0v) is 17.5. The first-order valence-electron chi connectivity index (χ1n) is 10.0. The molecular formula is C22H26F3N5O. The number of carbonyl (C=O) groups excluding carboxylic acids is 1. The lowest BCUT2D eigenvalue weighted by Gasteiger charge is -2.33. The minimum atomic E-state index is -2.74. The molecule has 0 radical (unpaired) electrons. The summed E-state index contributed by atoms with van der Waals surface area (Å²) in [6, 6.07) is 6.70. The molecule has 1 aliphatic rings. The van der Waals surface area contributed by atoms with E-state index in [1.54, 1.807) is 25.4 Å². The number of nitrogens with zero attached hydrogens (tertiary/aromatic N) is 2. The Morgan fingerprint density at radius 1 is 1.29 bits per heavy atom. The highest BCUT2D eigenvalue weighted by molar-refractivity contribution is 5.73. The number of halogens is 3. The monoisotopic (exact) mass is 433 g/mol. The molecule has 4 N–H and O–H groups in total. The van der Waals surface area contributed by atoms with E-state index in [0.29, 0.717) is 17.8 Å². The smallest absolute Gasteiger partial charge is 0.263 e. The van der Waals surface area contributed by atoms with E-state index in [1.165, 1.54) is 24.1 Å². The van der Waals surface area contributed by atoms with Gasteiger partial charge in [0, 0.05) is 25.7 Å². The first-order chi connectivity index (χ1) is 14.8. The SMILES string of the molecule is CNC1=C(N(N)c2cc(Cc3cc(F)cc(C(F)F)c3)ccn2)CCC[C@@H]1NC(C)=O. The van der Waals surface area contributed by atoms with Gasteiger partial charge in [-0.25, -0.2) is 24.0 Å². The van der Waals surface area contributed by atoms with E-state index in [1.807, 2.05) is 0 Å². The third kappa shape index (κ3) is 5.55. The van der Waals surface area contributed by atoms with Crippen molar-refractivity contribution < 1.29 is 18.0 Å². The Labute approximate surface area is 179 Å². The van der Waals surface area contributed by atoms with Crippen LogP contribution in [0.15, 0.2) is 47.9 Å². The van der Waals surface area contributed by atoms with Crippen molar-refractivity contribution in [2.75, 3.05) is 12.1 Å². The molecule has 31 heavy (non-hydrogen) atoms. The maximum Gasteiger partial charge on any atom is 0.263 e. The van der Waals surface area contributed by atoms with Crippen LogP contribution in [0.25, 0.3) is 0 Å². The van der Waals surface area contributed by atoms with Crippen molar-refractivity contribution in [3.05, 3.63) is 70.4 Å². The highest BCUT2D eigenvalue weighted by atomic mass is 19.3. The Bertz CT molecular complexity index is 979. The maximum absolute atomic E-state index is 13.7. The predicted octanol–water partition coefficient (Wildman–Crippen LogP) is 3.55. The molecule has 0 bridgehead atoms. The second kappa shape index (κ2) is 9.82. The summed E-state index contributed by atoms with van der Waals surface area (Å²) in [5.41, 5.74) is 2.48. The van der Waals surface area contributed by atoms with E-state index in [0.717, 1.165) is 35.9 Å². The molecule has 1 aliphatic carbocycles. The summed E-state index contributed by atoms with van der Waals surface area (Å²) in [6.07, 6.45) is 1.44. The molecule has 0 unspecified atom stereocenters. The number of pyridine rings is 1. The molecule has 0 saturated heterocycles. The van der Waals surface area contributed by atoms with Gasteiger partial charge in [-0.2, -0.15) is 0 Å². The van der Waals surface area contributed by atoms with Crippen LogP contribution in [-0.4, -0.2) is 24.0 Å². The number of hydrazine groups is 1. The molecule has 1 aromatic carbocycles. The number of nitrogens with one attached hydrogen (secondary N) is 2. The molecule has 2 aromatic rings. The number of likely N-dealkylation sites (N-methyl/N-ethyl adjacent to an activating group) is 1. The van der Waals surface area contributed by atoms with Crippen molar-refractivity contribution in [1.29, 1.82) is 0 Å². The van der Waals surface area contributed by atoms with E-state index >= 15 is 0 Å². The number of hydrogen-bond acceptors (Lipinski definition) is 5. The first kappa shape index (κ1) is 22.6. The van der Waals surface area contributed by atoms with E-state index in [9.17, 15) is 18.0 Å². The van der Waals surface area contributed by atoms with Crippen LogP contribution in [0.1, 0.15) is 49.3 Å². The van der Waals surface area contributed by atoms with Gasteiger partial charge in [0.25, 0.3) is 6.43 Å². The van der Waals surface area contributed by atoms with Gasteiger partial charge in [-0.05, 0) is 67.1 Å². The number of anilines is 1. The molecule has 3 rings (SSSR count). The van der Waals surface area contributed by atoms with Crippen LogP contribution >= 0.6 is 0 Å². The number of hydrogen-bond donors (Lipinski definition) is 3. The summed E-state index contributed by atoms with van der Waals surface area (Å²) in [6.45, 7) is 1.47. The predicted molar refractivity (Wildman–Crippen MR) is 113 cm³/mol. The molecule has 0 fully saturated rings. The van der Waals surface area contributed by atoms with Gasteiger partial charge >= 0.3 is 0 Å². The van der Waals surface area contributed by atoms with Gasteiger partial charge in [0.1, 0.15) is 11.6 Å². The van der Waals surface area contributed by atoms with Crippen LogP contribution < -0.4 is 21.5 Å². The lowest BCUT2D eigenvalue weighted by atomic mass is 9.95. The minimum Gasteiger partial charge on any atom is -0.388 e. The Balaban J connectivity index is 1.87. The fourth-order valence-corrected chi connectivity index (χ4v) is 3.89. The van der Waals surface area contributed by atoms with Crippen molar-refractivity contribution in [1.82, 2.24) is 15.6 Å². The van der Waals surface area contributed by atoms with E-state index in [2.05, 4.69) is 15.6 Å². The van der Waals surface area contributed by atoms with Gasteiger partial charge in [0.2, 0.25) is 5.91 Å². The molecule has 166 valence electrons. The third-order valence-electron chi connectivity index (χ3n) is 5.20. The number of rotatable bonds is 7. The highest BCUT2D eigenvalue weighted by Gasteiger charge is 2.26. The third-order valence-corrected chi connectivity index (χ3v) is 5.20. The Morgan fingerprint density at radius 3 is 2.74 bits per heavy atom. The zero-order valence-electron chi connectivity index (χ0n) is 17.5. The normalized spacial score (nSPS) is 16.4. The van der Waals surface area contributed by atoms with Crippen molar-refractivity contribution >= 4 is 11.7 Å². The van der Waals surface area contributed by atoms with Crippen molar-refractivity contribution in [3.8, 4) is 0 Å². The van der Waals surface area contributed by atoms with Crippen LogP contribution in [0.4, 0.5) is 19.0 Å². The molecule has 1 aromatic heterocycles. The number of aromatic nitrogens is 1. The summed E-state index contributed by atoms with van der Waals surface area (Å²) < 4.78 is 39.7. The topological polar surface area (TPSA) is 83.3 Å². The van der Waals surface area contributed by atoms with Gasteiger partial charge in [0.05, 0.1) is 17.4 Å². The fourth-order valence-electron chi connectivity index (χ4n) is 3.89.